The summed E-state index contributed by atoms with van der Waals surface area (Å²) in [6.45, 7) is 3.43. The lowest BCUT2D eigenvalue weighted by Gasteiger charge is -2.26. The van der Waals surface area contributed by atoms with E-state index in [0.717, 1.165) is 18.8 Å². The van der Waals surface area contributed by atoms with Gasteiger partial charge >= 0.3 is 0 Å². The lowest BCUT2D eigenvalue weighted by molar-refractivity contribution is 0.00840. The van der Waals surface area contributed by atoms with Gasteiger partial charge in [0.05, 0.1) is 19.3 Å². The summed E-state index contributed by atoms with van der Waals surface area (Å²) in [6.07, 6.45) is -0.573. The van der Waals surface area contributed by atoms with E-state index >= 15 is 0 Å². The summed E-state index contributed by atoms with van der Waals surface area (Å²) in [7, 11) is 0. The van der Waals surface area contributed by atoms with E-state index in [-0.39, 0.29) is 6.04 Å². The smallest absolute Gasteiger partial charge is 0.0938 e. The maximum Gasteiger partial charge on any atom is 0.0938 e. The number of nitrogens with two attached hydrogens (primary N) is 1. The van der Waals surface area contributed by atoms with E-state index in [1.165, 1.54) is 5.56 Å². The molecule has 0 amide bonds. The Morgan fingerprint density at radius 3 is 2.33 bits per heavy atom. The van der Waals surface area contributed by atoms with Gasteiger partial charge in [0.1, 0.15) is 0 Å². The number of hydrogen-bond acceptors (Lipinski definition) is 3. The Morgan fingerprint density at radius 1 is 1.33 bits per heavy atom. The number of hydrogen-bond donors (Lipinski definition) is 2. The molecule has 2 rings (SSSR count). The first-order valence-electron chi connectivity index (χ1n) is 5.29. The molecule has 0 aromatic heterocycles. The predicted molar refractivity (Wildman–Crippen MR) is 58.6 cm³/mol. The molecule has 1 fully saturated rings. The number of aliphatic hydroxyl groups is 1. The van der Waals surface area contributed by atoms with E-state index in [4.69, 9.17) is 10.5 Å². The summed E-state index contributed by atoms with van der Waals surface area (Å²) in [5.74, 6) is 0.534. The van der Waals surface area contributed by atoms with Crippen molar-refractivity contribution in [1.82, 2.24) is 0 Å². The number of rotatable bonds is 3. The van der Waals surface area contributed by atoms with Crippen molar-refractivity contribution < 1.29 is 9.84 Å². The molecule has 82 valence electrons. The summed E-state index contributed by atoms with van der Waals surface area (Å²) in [6, 6.07) is 7.76. The summed E-state index contributed by atoms with van der Waals surface area (Å²) >= 11 is 0. The molecule has 0 aliphatic carbocycles. The molecular formula is C12H17NO2. The molecule has 0 bridgehead atoms. The summed E-state index contributed by atoms with van der Waals surface area (Å²) in [5, 5.41) is 9.75. The Kier molecular flexibility index (Phi) is 3.05. The van der Waals surface area contributed by atoms with E-state index in [2.05, 4.69) is 0 Å². The highest BCUT2D eigenvalue weighted by atomic mass is 16.5. The second-order valence-electron chi connectivity index (χ2n) is 4.21. The van der Waals surface area contributed by atoms with Crippen molar-refractivity contribution in [1.29, 1.82) is 0 Å². The fourth-order valence-electron chi connectivity index (χ4n) is 1.70. The fourth-order valence-corrected chi connectivity index (χ4v) is 1.70. The molecule has 15 heavy (non-hydrogen) atoms. The van der Waals surface area contributed by atoms with Crippen molar-refractivity contribution in [3.63, 3.8) is 0 Å². The van der Waals surface area contributed by atoms with Gasteiger partial charge in [-0.3, -0.25) is 0 Å². The van der Waals surface area contributed by atoms with Gasteiger partial charge in [-0.15, -0.1) is 0 Å². The predicted octanol–water partition coefficient (Wildman–Crippen LogP) is 1.18. The largest absolute Gasteiger partial charge is 0.387 e. The van der Waals surface area contributed by atoms with Crippen LogP contribution in [0.1, 0.15) is 30.1 Å². The van der Waals surface area contributed by atoms with Crippen LogP contribution in [0.25, 0.3) is 0 Å². The molecular weight excluding hydrogens is 190 g/mol. The minimum atomic E-state index is -0.573. The number of aliphatic hydroxyl groups excluding tert-OH is 1. The van der Waals surface area contributed by atoms with Crippen LogP contribution in [0.2, 0.25) is 0 Å². The van der Waals surface area contributed by atoms with Gasteiger partial charge in [0, 0.05) is 12.0 Å². The van der Waals surface area contributed by atoms with Gasteiger partial charge in [-0.1, -0.05) is 24.3 Å². The second-order valence-corrected chi connectivity index (χ2v) is 4.21. The molecule has 1 aliphatic rings. The Morgan fingerprint density at radius 2 is 1.93 bits per heavy atom. The van der Waals surface area contributed by atoms with Gasteiger partial charge in [-0.2, -0.15) is 0 Å². The third kappa shape index (κ3) is 2.20. The van der Waals surface area contributed by atoms with Crippen molar-refractivity contribution in [2.45, 2.75) is 25.0 Å². The van der Waals surface area contributed by atoms with Crippen LogP contribution in [-0.2, 0) is 4.74 Å². The number of benzene rings is 1. The van der Waals surface area contributed by atoms with Crippen LogP contribution in [0.5, 0.6) is 0 Å². The average Bonchev–Trinajstić information content (AvgIpc) is 2.15. The zero-order chi connectivity index (χ0) is 10.8. The van der Waals surface area contributed by atoms with Crippen LogP contribution in [0.3, 0.4) is 0 Å². The van der Waals surface area contributed by atoms with Gasteiger partial charge in [-0.05, 0) is 18.1 Å². The van der Waals surface area contributed by atoms with E-state index in [9.17, 15) is 5.11 Å². The van der Waals surface area contributed by atoms with Gasteiger partial charge in [-0.25, -0.2) is 0 Å². The lowest BCUT2D eigenvalue weighted by Crippen LogP contribution is -2.26. The second kappa shape index (κ2) is 4.31. The average molecular weight is 207 g/mol. The standard InChI is InChI=1S/C12H17NO2/c1-8(13)12(14)10-4-2-9(3-5-10)11-6-15-7-11/h2-5,8,11-12,14H,6-7,13H2,1H3. The van der Waals surface area contributed by atoms with Crippen molar-refractivity contribution >= 4 is 0 Å². The van der Waals surface area contributed by atoms with Gasteiger partial charge in [0.15, 0.2) is 0 Å². The highest BCUT2D eigenvalue weighted by molar-refractivity contribution is 5.28. The van der Waals surface area contributed by atoms with Gasteiger partial charge < -0.3 is 15.6 Å². The Labute approximate surface area is 89.9 Å². The molecule has 0 spiro atoms. The van der Waals surface area contributed by atoms with Crippen molar-refractivity contribution in [3.05, 3.63) is 35.4 Å². The van der Waals surface area contributed by atoms with Gasteiger partial charge in [0.2, 0.25) is 0 Å². The fraction of sp³-hybridized carbons (Fsp3) is 0.500. The van der Waals surface area contributed by atoms with Crippen LogP contribution >= 0.6 is 0 Å². The highest BCUT2D eigenvalue weighted by Gasteiger charge is 2.20. The van der Waals surface area contributed by atoms with Crippen LogP contribution in [0.15, 0.2) is 24.3 Å². The summed E-state index contributed by atoms with van der Waals surface area (Å²) in [4.78, 5) is 0. The van der Waals surface area contributed by atoms with Crippen LogP contribution in [0, 0.1) is 0 Å². The molecule has 2 atom stereocenters. The molecule has 2 unspecified atom stereocenters. The third-order valence-corrected chi connectivity index (χ3v) is 2.89. The first-order valence-corrected chi connectivity index (χ1v) is 5.29. The normalized spacial score (nSPS) is 20.7. The first kappa shape index (κ1) is 10.6. The minimum Gasteiger partial charge on any atom is -0.387 e. The molecule has 0 radical (unpaired) electrons. The van der Waals surface area contributed by atoms with E-state index in [0.29, 0.717) is 5.92 Å². The topological polar surface area (TPSA) is 55.5 Å². The maximum absolute atomic E-state index is 9.75. The lowest BCUT2D eigenvalue weighted by atomic mass is 9.95. The van der Waals surface area contributed by atoms with Gasteiger partial charge in [0.25, 0.3) is 0 Å². The molecule has 1 aromatic carbocycles. The molecule has 1 heterocycles. The summed E-state index contributed by atoms with van der Waals surface area (Å²) in [5.41, 5.74) is 7.80. The van der Waals surface area contributed by atoms with Crippen molar-refractivity contribution in [2.24, 2.45) is 5.73 Å². The Balaban J connectivity index is 2.09. The summed E-state index contributed by atoms with van der Waals surface area (Å²) < 4.78 is 5.14. The zero-order valence-electron chi connectivity index (χ0n) is 8.89. The van der Waals surface area contributed by atoms with Crippen LogP contribution < -0.4 is 5.73 Å². The monoisotopic (exact) mass is 207 g/mol. The van der Waals surface area contributed by atoms with E-state index in [1.807, 2.05) is 24.3 Å². The van der Waals surface area contributed by atoms with Crippen LogP contribution in [-0.4, -0.2) is 24.4 Å². The van der Waals surface area contributed by atoms with Crippen molar-refractivity contribution in [2.75, 3.05) is 13.2 Å². The molecule has 3 nitrogen and oxygen atoms in total. The third-order valence-electron chi connectivity index (χ3n) is 2.89. The Bertz CT molecular complexity index is 317. The highest BCUT2D eigenvalue weighted by Crippen LogP contribution is 2.25. The zero-order valence-corrected chi connectivity index (χ0v) is 8.89. The van der Waals surface area contributed by atoms with Crippen molar-refractivity contribution in [3.8, 4) is 0 Å². The maximum atomic E-state index is 9.75. The van der Waals surface area contributed by atoms with E-state index < -0.39 is 6.10 Å². The Hall–Kier alpha value is -0.900. The molecule has 1 aromatic rings. The van der Waals surface area contributed by atoms with E-state index in [1.54, 1.807) is 6.92 Å². The molecule has 1 aliphatic heterocycles. The minimum absolute atomic E-state index is 0.233. The number of ether oxygens (including phenoxy) is 1. The van der Waals surface area contributed by atoms with Crippen LogP contribution in [0.4, 0.5) is 0 Å². The molecule has 1 saturated heterocycles. The molecule has 0 saturated carbocycles. The SMILES string of the molecule is CC(N)C(O)c1ccc(C2COC2)cc1. The molecule has 3 heteroatoms. The molecule has 3 N–H and O–H groups in total. The first-order chi connectivity index (χ1) is 7.18. The quantitative estimate of drug-likeness (QED) is 0.782.